The second-order valence-corrected chi connectivity index (χ2v) is 22.7. The van der Waals surface area contributed by atoms with Crippen molar-refractivity contribution >= 4 is 47.8 Å². The molecule has 4 aliphatic rings. The van der Waals surface area contributed by atoms with Crippen molar-refractivity contribution in [1.82, 2.24) is 40.0 Å². The number of hydrogen-bond donors (Lipinski definition) is 3. The third kappa shape index (κ3) is 17.6. The summed E-state index contributed by atoms with van der Waals surface area (Å²) in [6, 6.07) is 24.2. The van der Waals surface area contributed by atoms with Gasteiger partial charge in [-0.05, 0) is 131 Å². The first-order chi connectivity index (χ1) is 38.4. The highest BCUT2D eigenvalue weighted by Gasteiger charge is 2.44. The molecule has 81 heavy (non-hydrogen) atoms. The summed E-state index contributed by atoms with van der Waals surface area (Å²) in [5.74, 6) is 0.137. The second kappa shape index (κ2) is 30.8. The van der Waals surface area contributed by atoms with Gasteiger partial charge < -0.3 is 48.8 Å². The van der Waals surface area contributed by atoms with E-state index in [0.717, 1.165) is 82.8 Å². The van der Waals surface area contributed by atoms with E-state index in [2.05, 4.69) is 93.9 Å². The monoisotopic (exact) mass is 1120 g/mol. The van der Waals surface area contributed by atoms with Gasteiger partial charge in [-0.25, -0.2) is 5.43 Å². The maximum absolute atomic E-state index is 14.3. The van der Waals surface area contributed by atoms with Crippen LogP contribution in [0.3, 0.4) is 0 Å². The molecule has 442 valence electrons. The molecule has 4 fully saturated rings. The molecule has 5 aromatic rings. The van der Waals surface area contributed by atoms with Gasteiger partial charge in [0.15, 0.2) is 0 Å². The molecule has 1 saturated carbocycles. The van der Waals surface area contributed by atoms with Gasteiger partial charge in [-0.3, -0.25) is 34.0 Å². The number of rotatable bonds is 20. The molecule has 3 aromatic carbocycles. The number of methoxy groups -OCH3 is 2. The SMILES string of the molecule is C.CCn1c(-c2cc(N3CCN(C)CC3)cnc2C(C)OC)c(CC(C)(C)COC=O)c2cc(-c3cc(O)cc(CC(NC(=O)C(C(C)C)N(C)C=O)C(=O)N4CC5CC5CN4)c3)ccc21.CN1CCC1.COC=O.c1ccccc1. The van der Waals surface area contributed by atoms with Crippen LogP contribution in [-0.4, -0.2) is 172 Å². The zero-order valence-electron chi connectivity index (χ0n) is 49.0. The number of carbonyl (C=O) groups is 5. The molecule has 0 bridgehead atoms. The van der Waals surface area contributed by atoms with Crippen LogP contribution in [0.25, 0.3) is 33.3 Å². The molecule has 1 aliphatic carbocycles. The third-order valence-corrected chi connectivity index (χ3v) is 15.5. The predicted octanol–water partition coefficient (Wildman–Crippen LogP) is 7.85. The lowest BCUT2D eigenvalue weighted by Gasteiger charge is -2.34. The van der Waals surface area contributed by atoms with Gasteiger partial charge in [0.1, 0.15) is 17.8 Å². The smallest absolute Gasteiger partial charge is 0.293 e. The van der Waals surface area contributed by atoms with Gasteiger partial charge in [0.25, 0.3) is 18.9 Å². The summed E-state index contributed by atoms with van der Waals surface area (Å²) in [5, 5.41) is 17.0. The van der Waals surface area contributed by atoms with E-state index in [1.807, 2.05) is 69.4 Å². The molecule has 5 unspecified atom stereocenters. The van der Waals surface area contributed by atoms with Crippen molar-refractivity contribution in [1.29, 1.82) is 0 Å². The van der Waals surface area contributed by atoms with E-state index in [1.54, 1.807) is 31.3 Å². The third-order valence-electron chi connectivity index (χ3n) is 15.5. The van der Waals surface area contributed by atoms with E-state index >= 15 is 0 Å². The second-order valence-electron chi connectivity index (χ2n) is 22.7. The molecular weight excluding hydrogens is 1030 g/mol. The van der Waals surface area contributed by atoms with Crippen molar-refractivity contribution in [3.63, 3.8) is 0 Å². The summed E-state index contributed by atoms with van der Waals surface area (Å²) < 4.78 is 17.5. The maximum Gasteiger partial charge on any atom is 0.293 e. The standard InChI is InChI=1S/C50H68N8O7.C6H6.C4H9N.C2H4O2.CH4/c1-10-57-44-12-11-34(35-17-33(18-39(61)21-35)19-43(49(63)58-27-37-20-36(37)25-52-58)53-48(62)46(31(2)3)55(8)29-59)22-40(44)42(24-50(5,6)28-65-30-60)47(57)41-23-38(26-51-45(41)32(4)64-9)56-15-13-54(7)14-16-56;1-2-4-6-5-3-1;1-5-3-2-4-5;1-4-2-3;/h11-12,17-18,21-23,26,29-32,36-37,43,46,52,61H,10,13-16,19-20,24-25,27-28H2,1-9H3,(H,53,62);1-6H;2-4H2,1H3;2H,1H3;1H4. The number of phenolic OH excluding ortho intramolecular Hbond substituents is 1. The number of anilines is 1. The van der Waals surface area contributed by atoms with E-state index in [9.17, 15) is 24.3 Å². The number of fused-ring (bicyclic) bond motifs is 2. The average Bonchev–Trinajstić information content (AvgIpc) is 4.34. The molecule has 3 aliphatic heterocycles. The van der Waals surface area contributed by atoms with E-state index in [0.29, 0.717) is 62.8 Å². The Morgan fingerprint density at radius 2 is 1.53 bits per heavy atom. The summed E-state index contributed by atoms with van der Waals surface area (Å²) >= 11 is 0. The van der Waals surface area contributed by atoms with Gasteiger partial charge in [0.2, 0.25) is 12.3 Å². The maximum atomic E-state index is 14.3. The van der Waals surface area contributed by atoms with Crippen LogP contribution in [0, 0.1) is 23.2 Å². The normalized spacial score (nSPS) is 17.8. The topological polar surface area (TPSA) is 191 Å². The van der Waals surface area contributed by atoms with Gasteiger partial charge in [-0.1, -0.05) is 83.7 Å². The average molecular weight is 1120 g/mol. The van der Waals surface area contributed by atoms with E-state index < -0.39 is 23.4 Å². The number of likely N-dealkylation sites (N-methyl/N-ethyl adjacent to an activating group) is 2. The van der Waals surface area contributed by atoms with Crippen molar-refractivity contribution in [2.75, 3.05) is 99.2 Å². The number of pyridine rings is 1. The van der Waals surface area contributed by atoms with Crippen molar-refractivity contribution in [2.45, 2.75) is 99.4 Å². The zero-order valence-corrected chi connectivity index (χ0v) is 49.0. The Labute approximate surface area is 481 Å². The number of aromatic nitrogens is 2. The minimum absolute atomic E-state index is 0. The number of nitrogens with zero attached hydrogens (tertiary/aromatic N) is 7. The molecule has 0 spiro atoms. The molecule has 2 aromatic heterocycles. The lowest BCUT2D eigenvalue weighted by molar-refractivity contribution is -0.142. The summed E-state index contributed by atoms with van der Waals surface area (Å²) in [4.78, 5) is 73.9. The van der Waals surface area contributed by atoms with Gasteiger partial charge in [-0.2, -0.15) is 0 Å². The fraction of sp³-hybridized carbons (Fsp3) is 0.524. The number of hydrogen-bond acceptors (Lipinski definition) is 14. The number of amides is 3. The molecule has 3 saturated heterocycles. The Morgan fingerprint density at radius 1 is 0.889 bits per heavy atom. The van der Waals surface area contributed by atoms with Crippen LogP contribution >= 0.6 is 0 Å². The number of nitrogens with one attached hydrogen (secondary N) is 2. The molecule has 3 amide bonds. The number of piperazine rings is 1. The van der Waals surface area contributed by atoms with Crippen molar-refractivity contribution < 1.29 is 43.3 Å². The molecule has 5 heterocycles. The minimum atomic E-state index is -0.966. The van der Waals surface area contributed by atoms with E-state index in [4.69, 9.17) is 19.3 Å². The van der Waals surface area contributed by atoms with Gasteiger partial charge in [-0.15, -0.1) is 0 Å². The van der Waals surface area contributed by atoms with Gasteiger partial charge in [0, 0.05) is 88.3 Å². The first kappa shape index (κ1) is 65.0. The number of benzene rings is 3. The van der Waals surface area contributed by atoms with Crippen LogP contribution in [0.1, 0.15) is 84.7 Å². The summed E-state index contributed by atoms with van der Waals surface area (Å²) in [6.07, 6.45) is 5.45. The van der Waals surface area contributed by atoms with E-state index in [-0.39, 0.29) is 44.1 Å². The largest absolute Gasteiger partial charge is 0.508 e. The molecule has 5 atom stereocenters. The van der Waals surface area contributed by atoms with Crippen molar-refractivity contribution in [3.05, 3.63) is 102 Å². The number of phenols is 1. The summed E-state index contributed by atoms with van der Waals surface area (Å²) in [6.45, 7) is 21.4. The van der Waals surface area contributed by atoms with Crippen LogP contribution in [0.2, 0.25) is 0 Å². The highest BCUT2D eigenvalue weighted by atomic mass is 16.5. The minimum Gasteiger partial charge on any atom is -0.508 e. The van der Waals surface area contributed by atoms with Crippen LogP contribution in [0.15, 0.2) is 85.1 Å². The molecule has 18 heteroatoms. The quantitative estimate of drug-likeness (QED) is 0.0639. The number of aromatic hydroxyl groups is 1. The number of hydrazine groups is 1. The summed E-state index contributed by atoms with van der Waals surface area (Å²) in [7, 11) is 8.86. The Balaban J connectivity index is 0.000000655. The van der Waals surface area contributed by atoms with Crippen molar-refractivity contribution in [3.8, 4) is 28.1 Å². The van der Waals surface area contributed by atoms with Crippen LogP contribution < -0.4 is 15.6 Å². The molecule has 0 radical (unpaired) electrons. The predicted molar refractivity (Wildman–Crippen MR) is 320 cm³/mol. The number of ether oxygens (including phenoxy) is 3. The van der Waals surface area contributed by atoms with Crippen molar-refractivity contribution in [2.24, 2.45) is 23.2 Å². The van der Waals surface area contributed by atoms with Crippen LogP contribution in [-0.2, 0) is 57.6 Å². The highest BCUT2D eigenvalue weighted by molar-refractivity contribution is 5.96. The Morgan fingerprint density at radius 3 is 2.07 bits per heavy atom. The fourth-order valence-electron chi connectivity index (χ4n) is 10.7. The Bertz CT molecular complexity index is 2790. The number of aryl methyl sites for hydroxylation is 1. The Kier molecular flexibility index (Phi) is 24.7. The number of likely N-dealkylation sites (tertiary alicyclic amines) is 1. The lowest BCUT2D eigenvalue weighted by Crippen LogP contribution is -2.59. The highest BCUT2D eigenvalue weighted by Crippen LogP contribution is 2.44. The first-order valence-corrected chi connectivity index (χ1v) is 28.0. The van der Waals surface area contributed by atoms with Crippen LogP contribution in [0.5, 0.6) is 5.75 Å². The van der Waals surface area contributed by atoms with Crippen LogP contribution in [0.4, 0.5) is 5.69 Å². The van der Waals surface area contributed by atoms with Gasteiger partial charge >= 0.3 is 0 Å². The Hall–Kier alpha value is -6.86. The molecule has 3 N–H and O–H groups in total. The van der Waals surface area contributed by atoms with Gasteiger partial charge in [0.05, 0.1) is 43.1 Å². The zero-order chi connectivity index (χ0) is 58.1. The molecule has 9 rings (SSSR count). The van der Waals surface area contributed by atoms with E-state index in [1.165, 1.54) is 31.5 Å². The molecular formula is C63H91N9O9. The molecule has 18 nitrogen and oxygen atoms in total. The lowest BCUT2D eigenvalue weighted by atomic mass is 9.84. The number of carbonyl (C=O) groups excluding carboxylic acids is 5. The first-order valence-electron chi connectivity index (χ1n) is 28.0. The fourth-order valence-corrected chi connectivity index (χ4v) is 10.7. The summed E-state index contributed by atoms with van der Waals surface area (Å²) in [5.41, 5.74) is 11.1.